The van der Waals surface area contributed by atoms with Crippen LogP contribution in [0.25, 0.3) is 0 Å². The summed E-state index contributed by atoms with van der Waals surface area (Å²) >= 11 is 1.35. The number of sulfonamides is 1. The van der Waals surface area contributed by atoms with E-state index in [1.165, 1.54) is 11.8 Å². The van der Waals surface area contributed by atoms with Gasteiger partial charge in [0.2, 0.25) is 10.0 Å². The summed E-state index contributed by atoms with van der Waals surface area (Å²) in [6.45, 7) is 0. The van der Waals surface area contributed by atoms with Gasteiger partial charge in [0.15, 0.2) is 0 Å². The van der Waals surface area contributed by atoms with Crippen molar-refractivity contribution in [1.29, 1.82) is 5.26 Å². The monoisotopic (exact) mass is 423 g/mol. The summed E-state index contributed by atoms with van der Waals surface area (Å²) in [5.74, 6) is -0.300. The van der Waals surface area contributed by atoms with Crippen LogP contribution < -0.4 is 10.0 Å². The third-order valence-corrected chi connectivity index (χ3v) is 5.56. The van der Waals surface area contributed by atoms with Crippen LogP contribution in [0.15, 0.2) is 82.6 Å². The van der Waals surface area contributed by atoms with E-state index in [4.69, 9.17) is 0 Å². The van der Waals surface area contributed by atoms with Crippen LogP contribution in [-0.2, 0) is 10.0 Å². The van der Waals surface area contributed by atoms with Gasteiger partial charge in [-0.1, -0.05) is 36.0 Å². The van der Waals surface area contributed by atoms with E-state index in [0.717, 1.165) is 16.0 Å². The molecule has 0 aliphatic carbocycles. The summed E-state index contributed by atoms with van der Waals surface area (Å²) in [6.07, 6.45) is 1.07. The second-order valence-corrected chi connectivity index (χ2v) is 8.94. The number of hydrogen-bond acceptors (Lipinski definition) is 5. The van der Waals surface area contributed by atoms with Crippen molar-refractivity contribution in [2.75, 3.05) is 16.3 Å². The molecule has 0 fully saturated rings. The summed E-state index contributed by atoms with van der Waals surface area (Å²) in [6, 6.07) is 22.9. The molecule has 8 heteroatoms. The summed E-state index contributed by atoms with van der Waals surface area (Å²) in [4.78, 5) is 14.3. The van der Waals surface area contributed by atoms with Crippen molar-refractivity contribution >= 4 is 39.1 Å². The normalized spacial score (nSPS) is 10.8. The van der Waals surface area contributed by atoms with E-state index in [2.05, 4.69) is 16.1 Å². The lowest BCUT2D eigenvalue weighted by molar-refractivity contribution is 0.102. The number of carbonyl (C=O) groups is 1. The zero-order chi connectivity index (χ0) is 20.9. The van der Waals surface area contributed by atoms with E-state index in [9.17, 15) is 18.5 Å². The third-order valence-electron chi connectivity index (χ3n) is 3.81. The lowest BCUT2D eigenvalue weighted by atomic mass is 10.2. The lowest BCUT2D eigenvalue weighted by Gasteiger charge is -2.11. The Labute approximate surface area is 173 Å². The Morgan fingerprint density at radius 2 is 1.48 bits per heavy atom. The lowest BCUT2D eigenvalue weighted by Crippen LogP contribution is -2.13. The molecule has 3 aromatic rings. The molecule has 0 bridgehead atoms. The van der Waals surface area contributed by atoms with E-state index in [0.29, 0.717) is 22.5 Å². The Hall–Kier alpha value is -3.28. The molecule has 0 saturated heterocycles. The number of nitriles is 1. The van der Waals surface area contributed by atoms with Gasteiger partial charge >= 0.3 is 0 Å². The first kappa shape index (κ1) is 20.5. The Morgan fingerprint density at radius 1 is 0.897 bits per heavy atom. The van der Waals surface area contributed by atoms with Crippen LogP contribution in [0.4, 0.5) is 11.4 Å². The first-order valence-electron chi connectivity index (χ1n) is 8.51. The van der Waals surface area contributed by atoms with Crippen molar-refractivity contribution in [3.63, 3.8) is 0 Å². The molecular formula is C21H17N3O3S2. The first-order valence-corrected chi connectivity index (χ1v) is 11.2. The topological polar surface area (TPSA) is 99.1 Å². The van der Waals surface area contributed by atoms with Crippen molar-refractivity contribution in [3.8, 4) is 6.07 Å². The second-order valence-electron chi connectivity index (χ2n) is 6.11. The third kappa shape index (κ3) is 5.60. The van der Waals surface area contributed by atoms with Crippen LogP contribution in [0.3, 0.4) is 0 Å². The van der Waals surface area contributed by atoms with Crippen LogP contribution in [-0.4, -0.2) is 20.6 Å². The summed E-state index contributed by atoms with van der Waals surface area (Å²) in [7, 11) is -3.36. The predicted molar refractivity (Wildman–Crippen MR) is 115 cm³/mol. The van der Waals surface area contributed by atoms with Gasteiger partial charge in [-0.05, 0) is 48.5 Å². The Bertz CT molecular complexity index is 1180. The van der Waals surface area contributed by atoms with Crippen LogP contribution >= 0.6 is 11.8 Å². The highest BCUT2D eigenvalue weighted by molar-refractivity contribution is 7.99. The van der Waals surface area contributed by atoms with Crippen LogP contribution in [0.2, 0.25) is 0 Å². The van der Waals surface area contributed by atoms with Gasteiger partial charge < -0.3 is 5.32 Å². The van der Waals surface area contributed by atoms with Crippen molar-refractivity contribution < 1.29 is 13.2 Å². The molecule has 0 aliphatic heterocycles. The van der Waals surface area contributed by atoms with Gasteiger partial charge in [-0.3, -0.25) is 9.52 Å². The summed E-state index contributed by atoms with van der Waals surface area (Å²) in [5.41, 5.74) is 1.96. The highest BCUT2D eigenvalue weighted by Gasteiger charge is 2.14. The van der Waals surface area contributed by atoms with Crippen molar-refractivity contribution in [1.82, 2.24) is 0 Å². The molecule has 146 valence electrons. The number of rotatable bonds is 6. The molecule has 0 saturated carbocycles. The number of benzene rings is 3. The van der Waals surface area contributed by atoms with Crippen molar-refractivity contribution in [3.05, 3.63) is 83.9 Å². The van der Waals surface area contributed by atoms with E-state index in [-0.39, 0.29) is 5.91 Å². The maximum Gasteiger partial charge on any atom is 0.256 e. The molecule has 0 heterocycles. The zero-order valence-electron chi connectivity index (χ0n) is 15.4. The molecule has 0 aromatic heterocycles. The number of anilines is 2. The van der Waals surface area contributed by atoms with Crippen LogP contribution in [0, 0.1) is 11.3 Å². The average molecular weight is 424 g/mol. The van der Waals surface area contributed by atoms with Gasteiger partial charge in [-0.25, -0.2) is 8.42 Å². The number of hydrogen-bond donors (Lipinski definition) is 2. The van der Waals surface area contributed by atoms with Gasteiger partial charge in [0, 0.05) is 21.2 Å². The van der Waals surface area contributed by atoms with E-state index < -0.39 is 10.0 Å². The van der Waals surface area contributed by atoms with Gasteiger partial charge in [-0.15, -0.1) is 0 Å². The molecule has 0 unspecified atom stereocenters. The highest BCUT2D eigenvalue weighted by Crippen LogP contribution is 2.33. The van der Waals surface area contributed by atoms with Crippen molar-refractivity contribution in [2.24, 2.45) is 0 Å². The molecule has 0 aliphatic rings. The molecular weight excluding hydrogens is 406 g/mol. The summed E-state index contributed by atoms with van der Waals surface area (Å²) in [5, 5.41) is 12.1. The highest BCUT2D eigenvalue weighted by atomic mass is 32.2. The number of nitrogens with zero attached hydrogens (tertiary/aromatic N) is 1. The molecule has 0 atom stereocenters. The molecule has 6 nitrogen and oxygen atoms in total. The standard InChI is InChI=1S/C21H17N3O3S2/c1-29(26,27)24-17-12-10-16(11-13-17)23-21(25)18-7-3-5-9-20(18)28-19-8-4-2-6-15(19)14-22/h2-13,24H,1H3,(H,23,25). The first-order chi connectivity index (χ1) is 13.9. The fourth-order valence-electron chi connectivity index (χ4n) is 2.54. The minimum atomic E-state index is -3.36. The number of carbonyl (C=O) groups excluding carboxylic acids is 1. The summed E-state index contributed by atoms with van der Waals surface area (Å²) < 4.78 is 24.9. The largest absolute Gasteiger partial charge is 0.322 e. The fraction of sp³-hybridized carbons (Fsp3) is 0.0476. The minimum Gasteiger partial charge on any atom is -0.322 e. The predicted octanol–water partition coefficient (Wildman–Crippen LogP) is 4.33. The molecule has 2 N–H and O–H groups in total. The zero-order valence-corrected chi connectivity index (χ0v) is 17.0. The maximum absolute atomic E-state index is 12.8. The van der Waals surface area contributed by atoms with Crippen molar-refractivity contribution in [2.45, 2.75) is 9.79 Å². The quantitative estimate of drug-likeness (QED) is 0.615. The molecule has 3 rings (SSSR count). The minimum absolute atomic E-state index is 0.300. The van der Waals surface area contributed by atoms with E-state index in [1.54, 1.807) is 48.5 Å². The molecule has 0 radical (unpaired) electrons. The van der Waals surface area contributed by atoms with Gasteiger partial charge in [0.25, 0.3) is 5.91 Å². The molecule has 3 aromatic carbocycles. The second kappa shape index (κ2) is 8.82. The average Bonchev–Trinajstić information content (AvgIpc) is 2.69. The number of nitrogens with one attached hydrogen (secondary N) is 2. The Morgan fingerprint density at radius 3 is 2.14 bits per heavy atom. The molecule has 29 heavy (non-hydrogen) atoms. The Kier molecular flexibility index (Phi) is 6.22. The van der Waals surface area contributed by atoms with Gasteiger partial charge in [0.1, 0.15) is 6.07 Å². The smallest absolute Gasteiger partial charge is 0.256 e. The molecule has 0 spiro atoms. The number of amides is 1. The Balaban J connectivity index is 1.79. The van der Waals surface area contributed by atoms with E-state index in [1.807, 2.05) is 24.3 Å². The SMILES string of the molecule is CS(=O)(=O)Nc1ccc(NC(=O)c2ccccc2Sc2ccccc2C#N)cc1. The fourth-order valence-corrected chi connectivity index (χ4v) is 4.13. The van der Waals surface area contributed by atoms with Crippen LogP contribution in [0.1, 0.15) is 15.9 Å². The van der Waals surface area contributed by atoms with Gasteiger partial charge in [-0.2, -0.15) is 5.26 Å². The van der Waals surface area contributed by atoms with Gasteiger partial charge in [0.05, 0.1) is 17.4 Å². The molecule has 1 amide bonds. The van der Waals surface area contributed by atoms with E-state index >= 15 is 0 Å². The maximum atomic E-state index is 12.8. The van der Waals surface area contributed by atoms with Crippen LogP contribution in [0.5, 0.6) is 0 Å².